The Morgan fingerprint density at radius 1 is 1.31 bits per heavy atom. The first-order chi connectivity index (χ1) is 7.56. The summed E-state index contributed by atoms with van der Waals surface area (Å²) < 4.78 is 0. The minimum atomic E-state index is -1.06. The molecule has 88 valence electrons. The van der Waals surface area contributed by atoms with Gasteiger partial charge in [0.25, 0.3) is 11.8 Å². The normalized spacial score (nSPS) is 16.9. The van der Waals surface area contributed by atoms with Crippen LogP contribution in [-0.2, 0) is 9.59 Å². The topological polar surface area (TPSA) is 112 Å². The summed E-state index contributed by atoms with van der Waals surface area (Å²) in [6, 6.07) is -0.811. The van der Waals surface area contributed by atoms with Crippen LogP contribution in [0.2, 0.25) is 0 Å². The van der Waals surface area contributed by atoms with Gasteiger partial charge in [-0.15, -0.1) is 0 Å². The van der Waals surface area contributed by atoms with Gasteiger partial charge in [-0.1, -0.05) is 0 Å². The van der Waals surface area contributed by atoms with E-state index in [4.69, 9.17) is 5.11 Å². The van der Waals surface area contributed by atoms with Crippen LogP contribution in [0, 0.1) is 5.92 Å². The molecule has 16 heavy (non-hydrogen) atoms. The van der Waals surface area contributed by atoms with Crippen molar-refractivity contribution in [2.24, 2.45) is 5.92 Å². The lowest BCUT2D eigenvalue weighted by molar-refractivity contribution is -0.610. The second-order valence-electron chi connectivity index (χ2n) is 3.39. The van der Waals surface area contributed by atoms with Crippen LogP contribution >= 0.6 is 0 Å². The maximum atomic E-state index is 11.4. The van der Waals surface area contributed by atoms with Crippen LogP contribution in [0.25, 0.3) is 0 Å². The molecule has 0 aliphatic carbocycles. The van der Waals surface area contributed by atoms with Crippen molar-refractivity contribution in [2.45, 2.75) is 6.42 Å². The van der Waals surface area contributed by atoms with Gasteiger partial charge in [0, 0.05) is 13.0 Å². The fourth-order valence-corrected chi connectivity index (χ4v) is 1.35. The first-order valence-corrected chi connectivity index (χ1v) is 4.85. The van der Waals surface area contributed by atoms with Crippen molar-refractivity contribution in [1.82, 2.24) is 10.6 Å². The molecular formula is C9H14N3O4+. The summed E-state index contributed by atoms with van der Waals surface area (Å²) in [6.45, 7) is 4.17. The molecular weight excluding hydrogens is 214 g/mol. The van der Waals surface area contributed by atoms with Crippen molar-refractivity contribution in [3.8, 4) is 0 Å². The second-order valence-corrected chi connectivity index (χ2v) is 3.39. The van der Waals surface area contributed by atoms with Gasteiger partial charge in [0.15, 0.2) is 5.92 Å². The molecule has 0 radical (unpaired) electrons. The van der Waals surface area contributed by atoms with Gasteiger partial charge in [0.05, 0.1) is 6.54 Å². The zero-order valence-corrected chi connectivity index (χ0v) is 8.66. The van der Waals surface area contributed by atoms with E-state index in [1.165, 1.54) is 0 Å². The van der Waals surface area contributed by atoms with Gasteiger partial charge in [-0.2, -0.15) is 0 Å². The van der Waals surface area contributed by atoms with E-state index in [-0.39, 0.29) is 6.61 Å². The number of hydrogen-bond donors (Lipinski definition) is 4. The van der Waals surface area contributed by atoms with E-state index in [2.05, 4.69) is 6.58 Å². The number of imide groups is 2. The number of quaternary nitrogens is 1. The Morgan fingerprint density at radius 3 is 2.38 bits per heavy atom. The highest BCUT2D eigenvalue weighted by Crippen LogP contribution is 2.06. The summed E-state index contributed by atoms with van der Waals surface area (Å²) in [4.78, 5) is 33.5. The highest BCUT2D eigenvalue weighted by atomic mass is 16.3. The number of barbiturate groups is 1. The molecule has 0 unspecified atom stereocenters. The van der Waals surface area contributed by atoms with E-state index >= 15 is 0 Å². The Bertz CT molecular complexity index is 320. The van der Waals surface area contributed by atoms with E-state index in [0.29, 0.717) is 18.7 Å². The van der Waals surface area contributed by atoms with Crippen LogP contribution in [0.4, 0.5) is 4.79 Å². The van der Waals surface area contributed by atoms with Crippen LogP contribution in [-0.4, -0.2) is 36.1 Å². The van der Waals surface area contributed by atoms with Gasteiger partial charge in [0.2, 0.25) is 0 Å². The molecule has 0 atom stereocenters. The fourth-order valence-electron chi connectivity index (χ4n) is 1.35. The number of carbonyl (C=O) groups is 3. The molecule has 4 amide bonds. The Kier molecular flexibility index (Phi) is 4.15. The average Bonchev–Trinajstić information content (AvgIpc) is 2.16. The molecule has 0 bridgehead atoms. The van der Waals surface area contributed by atoms with Crippen molar-refractivity contribution in [2.75, 3.05) is 13.2 Å². The molecule has 1 aliphatic heterocycles. The third kappa shape index (κ3) is 2.88. The van der Waals surface area contributed by atoms with Crippen molar-refractivity contribution in [3.63, 3.8) is 0 Å². The third-order valence-electron chi connectivity index (χ3n) is 2.14. The van der Waals surface area contributed by atoms with Crippen molar-refractivity contribution < 1.29 is 24.8 Å². The van der Waals surface area contributed by atoms with Gasteiger partial charge in [-0.3, -0.25) is 20.2 Å². The maximum absolute atomic E-state index is 11.4. The van der Waals surface area contributed by atoms with Crippen LogP contribution in [0.15, 0.2) is 12.3 Å². The van der Waals surface area contributed by atoms with Crippen molar-refractivity contribution in [1.29, 1.82) is 0 Å². The minimum Gasteiger partial charge on any atom is -0.396 e. The Morgan fingerprint density at radius 2 is 1.88 bits per heavy atom. The summed E-state index contributed by atoms with van der Waals surface area (Å²) in [5.74, 6) is -2.39. The Balaban J connectivity index is 2.57. The highest BCUT2D eigenvalue weighted by molar-refractivity contribution is 6.17. The number of urea groups is 1. The monoisotopic (exact) mass is 228 g/mol. The lowest BCUT2D eigenvalue weighted by Crippen LogP contribution is -2.85. The molecule has 7 nitrogen and oxygen atoms in total. The highest BCUT2D eigenvalue weighted by Gasteiger charge is 2.38. The predicted molar refractivity (Wildman–Crippen MR) is 52.8 cm³/mol. The number of carbonyl (C=O) groups excluding carboxylic acids is 3. The van der Waals surface area contributed by atoms with Gasteiger partial charge in [-0.05, 0) is 6.58 Å². The van der Waals surface area contributed by atoms with Gasteiger partial charge >= 0.3 is 6.03 Å². The first-order valence-electron chi connectivity index (χ1n) is 4.85. The number of nitrogens with two attached hydrogens (primary N) is 1. The lowest BCUT2D eigenvalue weighted by atomic mass is 10.0. The zero-order valence-electron chi connectivity index (χ0n) is 8.66. The van der Waals surface area contributed by atoms with Crippen molar-refractivity contribution >= 4 is 17.8 Å². The summed E-state index contributed by atoms with van der Waals surface area (Å²) in [6.07, 6.45) is 0.536. The van der Waals surface area contributed by atoms with E-state index in [1.54, 1.807) is 5.32 Å². The SMILES string of the molecule is C=C([NH2+]CCCO)C1C(=O)NC(=O)NC1=O. The van der Waals surface area contributed by atoms with E-state index < -0.39 is 23.8 Å². The Labute approximate surface area is 91.9 Å². The molecule has 0 spiro atoms. The smallest absolute Gasteiger partial charge is 0.328 e. The fraction of sp³-hybridized carbons (Fsp3) is 0.444. The summed E-state index contributed by atoms with van der Waals surface area (Å²) in [7, 11) is 0. The molecule has 0 aromatic carbocycles. The standard InChI is InChI=1S/C9H13N3O4/c1-5(10-3-2-4-13)6-7(14)11-9(16)12-8(6)15/h6,10,13H,1-4H2,(H2,11,12,14,15,16)/p+1. The molecule has 1 rings (SSSR count). The third-order valence-corrected chi connectivity index (χ3v) is 2.14. The molecule has 0 aromatic heterocycles. The summed E-state index contributed by atoms with van der Waals surface area (Å²) in [5, 5.41) is 14.2. The maximum Gasteiger partial charge on any atom is 0.328 e. The van der Waals surface area contributed by atoms with Gasteiger partial charge in [0.1, 0.15) is 5.70 Å². The summed E-state index contributed by atoms with van der Waals surface area (Å²) >= 11 is 0. The summed E-state index contributed by atoms with van der Waals surface area (Å²) in [5.41, 5.74) is 0.330. The largest absolute Gasteiger partial charge is 0.396 e. The predicted octanol–water partition coefficient (Wildman–Crippen LogP) is -2.57. The quantitative estimate of drug-likeness (QED) is 0.306. The first kappa shape index (κ1) is 12.3. The molecule has 5 N–H and O–H groups in total. The molecule has 0 aromatic rings. The number of aliphatic hydroxyl groups is 1. The number of amides is 4. The molecule has 1 saturated heterocycles. The van der Waals surface area contributed by atoms with E-state index in [9.17, 15) is 14.4 Å². The average molecular weight is 228 g/mol. The Hall–Kier alpha value is -1.73. The number of hydrogen-bond acceptors (Lipinski definition) is 4. The molecule has 1 fully saturated rings. The van der Waals surface area contributed by atoms with Gasteiger partial charge in [-0.25, -0.2) is 4.79 Å². The van der Waals surface area contributed by atoms with Crippen LogP contribution in [0.1, 0.15) is 6.42 Å². The lowest BCUT2D eigenvalue weighted by Gasteiger charge is -2.20. The zero-order chi connectivity index (χ0) is 12.1. The van der Waals surface area contributed by atoms with E-state index in [1.807, 2.05) is 10.6 Å². The number of aliphatic hydroxyl groups excluding tert-OH is 1. The molecule has 1 aliphatic rings. The number of nitrogens with one attached hydrogen (secondary N) is 2. The number of rotatable bonds is 5. The van der Waals surface area contributed by atoms with Gasteiger partial charge < -0.3 is 10.4 Å². The molecule has 1 heterocycles. The van der Waals surface area contributed by atoms with Crippen LogP contribution < -0.4 is 16.0 Å². The van der Waals surface area contributed by atoms with Crippen molar-refractivity contribution in [3.05, 3.63) is 12.3 Å². The molecule has 7 heteroatoms. The molecule has 0 saturated carbocycles. The van der Waals surface area contributed by atoms with E-state index in [0.717, 1.165) is 0 Å². The van der Waals surface area contributed by atoms with Crippen LogP contribution in [0.5, 0.6) is 0 Å². The second kappa shape index (κ2) is 5.38. The minimum absolute atomic E-state index is 0.0331. The van der Waals surface area contributed by atoms with Crippen LogP contribution in [0.3, 0.4) is 0 Å².